The van der Waals surface area contributed by atoms with Gasteiger partial charge in [0.05, 0.1) is 10.0 Å². The van der Waals surface area contributed by atoms with Crippen LogP contribution in [0.15, 0.2) is 30.4 Å². The van der Waals surface area contributed by atoms with E-state index in [4.69, 9.17) is 23.2 Å². The Morgan fingerprint density at radius 1 is 1.14 bits per heavy atom. The number of benzene rings is 1. The molecule has 0 aromatic heterocycles. The number of carboxylic acids is 1. The molecule has 0 saturated heterocycles. The molecule has 1 aromatic rings. The highest BCUT2D eigenvalue weighted by atomic mass is 35.5. The van der Waals surface area contributed by atoms with E-state index in [-0.39, 0.29) is 12.5 Å². The Bertz CT molecular complexity index is 586. The van der Waals surface area contributed by atoms with E-state index in [1.807, 2.05) is 6.08 Å². The number of amides is 1. The third-order valence-corrected chi connectivity index (χ3v) is 4.26. The Labute approximate surface area is 132 Å². The van der Waals surface area contributed by atoms with Gasteiger partial charge in [0.2, 0.25) is 5.91 Å². The van der Waals surface area contributed by atoms with Crippen molar-refractivity contribution in [1.82, 2.24) is 5.32 Å². The van der Waals surface area contributed by atoms with Crippen molar-refractivity contribution in [3.63, 3.8) is 0 Å². The first-order valence-corrected chi connectivity index (χ1v) is 7.32. The van der Waals surface area contributed by atoms with Gasteiger partial charge >= 0.3 is 0 Å². The number of hydrogen-bond donors (Lipinski definition) is 1. The molecule has 1 aromatic carbocycles. The fraction of sp³-hybridized carbons (Fsp3) is 0.333. The molecule has 0 aliphatic heterocycles. The maximum Gasteiger partial charge on any atom is 0.224 e. The van der Waals surface area contributed by atoms with Crippen molar-refractivity contribution in [2.75, 3.05) is 0 Å². The lowest BCUT2D eigenvalue weighted by molar-refractivity contribution is -0.313. The number of carbonyl (C=O) groups is 2. The van der Waals surface area contributed by atoms with E-state index in [1.54, 1.807) is 24.3 Å². The molecule has 1 amide bonds. The zero-order valence-corrected chi connectivity index (χ0v) is 12.7. The van der Waals surface area contributed by atoms with Crippen LogP contribution in [0.5, 0.6) is 0 Å². The van der Waals surface area contributed by atoms with Crippen molar-refractivity contribution in [2.24, 2.45) is 11.8 Å². The maximum atomic E-state index is 12.1. The third-order valence-electron chi connectivity index (χ3n) is 3.52. The minimum Gasteiger partial charge on any atom is -0.550 e. The Balaban J connectivity index is 1.99. The first kappa shape index (κ1) is 15.9. The summed E-state index contributed by atoms with van der Waals surface area (Å²) in [4.78, 5) is 23.2. The van der Waals surface area contributed by atoms with Crippen LogP contribution < -0.4 is 10.4 Å². The summed E-state index contributed by atoms with van der Waals surface area (Å²) in [6.45, 7) is 0.274. The lowest BCUT2D eigenvalue weighted by Gasteiger charge is -2.28. The summed E-state index contributed by atoms with van der Waals surface area (Å²) in [5.41, 5.74) is 0.800. The summed E-state index contributed by atoms with van der Waals surface area (Å²) in [6, 6.07) is 5.07. The van der Waals surface area contributed by atoms with Crippen molar-refractivity contribution in [2.45, 2.75) is 19.4 Å². The van der Waals surface area contributed by atoms with E-state index >= 15 is 0 Å². The van der Waals surface area contributed by atoms with Crippen molar-refractivity contribution in [3.8, 4) is 0 Å². The zero-order valence-electron chi connectivity index (χ0n) is 11.1. The van der Waals surface area contributed by atoms with Crippen molar-refractivity contribution in [1.29, 1.82) is 0 Å². The van der Waals surface area contributed by atoms with Crippen molar-refractivity contribution in [3.05, 3.63) is 46.0 Å². The van der Waals surface area contributed by atoms with E-state index in [2.05, 4.69) is 5.32 Å². The molecule has 4 nitrogen and oxygen atoms in total. The quantitative estimate of drug-likeness (QED) is 0.860. The van der Waals surface area contributed by atoms with E-state index in [0.717, 1.165) is 5.56 Å². The van der Waals surface area contributed by atoms with E-state index < -0.39 is 17.8 Å². The molecule has 0 heterocycles. The molecule has 1 N–H and O–H groups in total. The first-order chi connectivity index (χ1) is 9.99. The van der Waals surface area contributed by atoms with Crippen LogP contribution in [-0.4, -0.2) is 11.9 Å². The largest absolute Gasteiger partial charge is 0.550 e. The zero-order chi connectivity index (χ0) is 15.4. The van der Waals surface area contributed by atoms with E-state index in [1.165, 1.54) is 0 Å². The molecule has 0 unspecified atom stereocenters. The van der Waals surface area contributed by atoms with Gasteiger partial charge in [-0.1, -0.05) is 41.4 Å². The third kappa shape index (κ3) is 3.99. The summed E-state index contributed by atoms with van der Waals surface area (Å²) < 4.78 is 0. The number of nitrogens with one attached hydrogen (secondary N) is 1. The SMILES string of the molecule is O=C(NCc1ccc(Cl)c(Cl)c1)[C@H]1CC=CC[C@H]1C(=O)[O-]. The van der Waals surface area contributed by atoms with Crippen molar-refractivity contribution < 1.29 is 14.7 Å². The molecule has 6 heteroatoms. The maximum absolute atomic E-state index is 12.1. The average molecular weight is 327 g/mol. The summed E-state index contributed by atoms with van der Waals surface area (Å²) in [7, 11) is 0. The second-order valence-electron chi connectivity index (χ2n) is 4.94. The van der Waals surface area contributed by atoms with Gasteiger partial charge in [0.15, 0.2) is 0 Å². The molecule has 0 radical (unpaired) electrons. The predicted molar refractivity (Wildman–Crippen MR) is 78.7 cm³/mol. The highest BCUT2D eigenvalue weighted by Gasteiger charge is 2.29. The molecular weight excluding hydrogens is 313 g/mol. The molecule has 0 spiro atoms. The summed E-state index contributed by atoms with van der Waals surface area (Å²) in [6.07, 6.45) is 4.32. The standard InChI is InChI=1S/C15H15Cl2NO3/c16-12-6-5-9(7-13(12)17)8-18-14(19)10-3-1-2-4-11(10)15(20)21/h1-2,5-7,10-11H,3-4,8H2,(H,18,19)(H,20,21)/p-1/t10-,11+/m0/s1. The number of halogens is 2. The fourth-order valence-electron chi connectivity index (χ4n) is 2.33. The molecule has 0 bridgehead atoms. The molecular formula is C15H14Cl2NO3-. The summed E-state index contributed by atoms with van der Waals surface area (Å²) in [5.74, 6) is -2.85. The second-order valence-corrected chi connectivity index (χ2v) is 5.76. The average Bonchev–Trinajstić information content (AvgIpc) is 2.48. The first-order valence-electron chi connectivity index (χ1n) is 6.56. The Morgan fingerprint density at radius 3 is 2.43 bits per heavy atom. The Hall–Kier alpha value is -1.52. The second kappa shape index (κ2) is 6.96. The molecule has 1 aliphatic rings. The number of rotatable bonds is 4. The molecule has 2 rings (SSSR count). The fourth-order valence-corrected chi connectivity index (χ4v) is 2.66. The van der Waals surface area contributed by atoms with Gasteiger partial charge in [0, 0.05) is 24.3 Å². The van der Waals surface area contributed by atoms with E-state index in [0.29, 0.717) is 22.9 Å². The van der Waals surface area contributed by atoms with Crippen LogP contribution in [0.3, 0.4) is 0 Å². The highest BCUT2D eigenvalue weighted by molar-refractivity contribution is 6.42. The molecule has 2 atom stereocenters. The Morgan fingerprint density at radius 2 is 1.81 bits per heavy atom. The van der Waals surface area contributed by atoms with Crippen LogP contribution in [-0.2, 0) is 16.1 Å². The molecule has 1 aliphatic carbocycles. The predicted octanol–water partition coefficient (Wildman–Crippen LogP) is 1.94. The lowest BCUT2D eigenvalue weighted by atomic mass is 9.82. The van der Waals surface area contributed by atoms with Crippen molar-refractivity contribution >= 4 is 35.1 Å². The monoisotopic (exact) mass is 326 g/mol. The minimum absolute atomic E-state index is 0.274. The van der Waals surface area contributed by atoms with Crippen LogP contribution in [0.25, 0.3) is 0 Å². The Kier molecular flexibility index (Phi) is 5.26. The summed E-state index contributed by atoms with van der Waals surface area (Å²) >= 11 is 11.7. The molecule has 21 heavy (non-hydrogen) atoms. The van der Waals surface area contributed by atoms with Gasteiger partial charge in [-0.2, -0.15) is 0 Å². The molecule has 0 saturated carbocycles. The number of aliphatic carboxylic acids is 1. The van der Waals surface area contributed by atoms with Gasteiger partial charge in [-0.15, -0.1) is 0 Å². The van der Waals surface area contributed by atoms with Crippen LogP contribution in [0.1, 0.15) is 18.4 Å². The van der Waals surface area contributed by atoms with E-state index in [9.17, 15) is 14.7 Å². The van der Waals surface area contributed by atoms with Gasteiger partial charge in [-0.05, 0) is 30.5 Å². The van der Waals surface area contributed by atoms with Gasteiger partial charge < -0.3 is 15.2 Å². The smallest absolute Gasteiger partial charge is 0.224 e. The number of hydrogen-bond acceptors (Lipinski definition) is 3. The number of carboxylic acid groups (broad SMARTS) is 1. The topological polar surface area (TPSA) is 69.2 Å². The van der Waals surface area contributed by atoms with Gasteiger partial charge in [0.25, 0.3) is 0 Å². The molecule has 112 valence electrons. The minimum atomic E-state index is -1.19. The van der Waals surface area contributed by atoms with Gasteiger partial charge in [-0.3, -0.25) is 4.79 Å². The van der Waals surface area contributed by atoms with Gasteiger partial charge in [-0.25, -0.2) is 0 Å². The number of carbonyl (C=O) groups excluding carboxylic acids is 2. The van der Waals surface area contributed by atoms with Gasteiger partial charge in [0.1, 0.15) is 0 Å². The van der Waals surface area contributed by atoms with Crippen LogP contribution in [0, 0.1) is 11.8 Å². The van der Waals surface area contributed by atoms with Crippen LogP contribution in [0.4, 0.5) is 0 Å². The number of allylic oxidation sites excluding steroid dienone is 2. The molecule has 0 fully saturated rings. The van der Waals surface area contributed by atoms with Crippen LogP contribution >= 0.6 is 23.2 Å². The highest BCUT2D eigenvalue weighted by Crippen LogP contribution is 2.26. The lowest BCUT2D eigenvalue weighted by Crippen LogP contribution is -2.43. The normalized spacial score (nSPS) is 21.0. The van der Waals surface area contributed by atoms with Crippen LogP contribution in [0.2, 0.25) is 10.0 Å². The summed E-state index contributed by atoms with van der Waals surface area (Å²) in [5, 5.41) is 14.7.